The molecular formula is C13H20N2O3. The number of carbonyl (C=O) groups excluding carboxylic acids is 1. The van der Waals surface area contributed by atoms with Crippen molar-refractivity contribution in [2.45, 2.75) is 19.9 Å². The molecule has 0 fully saturated rings. The van der Waals surface area contributed by atoms with Gasteiger partial charge in [-0.15, -0.1) is 0 Å². The number of nitrogens with two attached hydrogens (primary N) is 1. The molecule has 0 radical (unpaired) electrons. The fraction of sp³-hybridized carbons (Fsp3) is 0.462. The van der Waals surface area contributed by atoms with Gasteiger partial charge in [-0.1, -0.05) is 0 Å². The first-order valence-corrected chi connectivity index (χ1v) is 5.81. The minimum Gasteiger partial charge on any atom is -0.496 e. The van der Waals surface area contributed by atoms with Gasteiger partial charge in [-0.05, 0) is 19.1 Å². The van der Waals surface area contributed by atoms with Crippen molar-refractivity contribution in [2.75, 3.05) is 20.8 Å². The number of benzene rings is 1. The molecule has 0 saturated carbocycles. The number of rotatable bonds is 6. The van der Waals surface area contributed by atoms with Crippen LogP contribution < -0.4 is 20.5 Å². The number of nitrogens with one attached hydrogen (secondary N) is 1. The zero-order valence-corrected chi connectivity index (χ0v) is 11.1. The van der Waals surface area contributed by atoms with E-state index in [1.54, 1.807) is 14.2 Å². The van der Waals surface area contributed by atoms with Crippen molar-refractivity contribution < 1.29 is 14.3 Å². The van der Waals surface area contributed by atoms with Gasteiger partial charge >= 0.3 is 0 Å². The maximum absolute atomic E-state index is 11.4. The molecule has 0 aliphatic rings. The molecule has 18 heavy (non-hydrogen) atoms. The van der Waals surface area contributed by atoms with Crippen molar-refractivity contribution in [3.63, 3.8) is 0 Å². The lowest BCUT2D eigenvalue weighted by Gasteiger charge is -2.14. The van der Waals surface area contributed by atoms with E-state index in [-0.39, 0.29) is 5.91 Å². The molecule has 0 aliphatic carbocycles. The molecule has 0 spiro atoms. The lowest BCUT2D eigenvalue weighted by atomic mass is 10.1. The van der Waals surface area contributed by atoms with E-state index in [1.165, 1.54) is 0 Å². The van der Waals surface area contributed by atoms with Gasteiger partial charge in [-0.3, -0.25) is 4.79 Å². The number of ether oxygens (including phenoxy) is 2. The van der Waals surface area contributed by atoms with Gasteiger partial charge in [0.2, 0.25) is 5.91 Å². The summed E-state index contributed by atoms with van der Waals surface area (Å²) in [6.07, 6.45) is 0.331. The Morgan fingerprint density at radius 1 is 1.33 bits per heavy atom. The minimum absolute atomic E-state index is 0.0620. The van der Waals surface area contributed by atoms with E-state index in [0.29, 0.717) is 19.5 Å². The number of carbonyl (C=O) groups is 1. The fourth-order valence-electron chi connectivity index (χ4n) is 1.79. The molecule has 1 rings (SSSR count). The number of hydrogen-bond donors (Lipinski definition) is 2. The zero-order chi connectivity index (χ0) is 13.5. The van der Waals surface area contributed by atoms with Crippen LogP contribution in [0.1, 0.15) is 17.5 Å². The smallest absolute Gasteiger partial charge is 0.221 e. The Bertz CT molecular complexity index is 419. The van der Waals surface area contributed by atoms with Gasteiger partial charge in [-0.25, -0.2) is 0 Å². The SMILES string of the molecule is COc1ccc(CNC(=O)CCN)c(OC)c1C. The highest BCUT2D eigenvalue weighted by Gasteiger charge is 2.11. The Kier molecular flexibility index (Phi) is 5.45. The van der Waals surface area contributed by atoms with Crippen molar-refractivity contribution in [1.82, 2.24) is 5.32 Å². The van der Waals surface area contributed by atoms with E-state index in [1.807, 2.05) is 19.1 Å². The third-order valence-electron chi connectivity index (χ3n) is 2.71. The van der Waals surface area contributed by atoms with Gasteiger partial charge < -0.3 is 20.5 Å². The van der Waals surface area contributed by atoms with Crippen molar-refractivity contribution in [3.05, 3.63) is 23.3 Å². The summed E-state index contributed by atoms with van der Waals surface area (Å²) in [4.78, 5) is 11.4. The van der Waals surface area contributed by atoms with Crippen molar-refractivity contribution in [2.24, 2.45) is 5.73 Å². The molecule has 100 valence electrons. The first kappa shape index (κ1) is 14.3. The van der Waals surface area contributed by atoms with Crippen LogP contribution in [-0.2, 0) is 11.3 Å². The average Bonchev–Trinajstić information content (AvgIpc) is 2.36. The molecule has 0 heterocycles. The van der Waals surface area contributed by atoms with Gasteiger partial charge in [-0.2, -0.15) is 0 Å². The first-order chi connectivity index (χ1) is 8.63. The van der Waals surface area contributed by atoms with Crippen LogP contribution in [-0.4, -0.2) is 26.7 Å². The highest BCUT2D eigenvalue weighted by Crippen LogP contribution is 2.31. The van der Waals surface area contributed by atoms with Crippen LogP contribution in [0.4, 0.5) is 0 Å². The van der Waals surface area contributed by atoms with E-state index in [0.717, 1.165) is 22.6 Å². The molecule has 1 aromatic carbocycles. The summed E-state index contributed by atoms with van der Waals surface area (Å²) < 4.78 is 10.6. The molecule has 0 atom stereocenters. The van der Waals surface area contributed by atoms with Crippen LogP contribution in [0.2, 0.25) is 0 Å². The third kappa shape index (κ3) is 3.37. The van der Waals surface area contributed by atoms with E-state index in [9.17, 15) is 4.79 Å². The second-order valence-corrected chi connectivity index (χ2v) is 3.90. The molecule has 0 saturated heterocycles. The normalized spacial score (nSPS) is 10.0. The first-order valence-electron chi connectivity index (χ1n) is 5.81. The van der Waals surface area contributed by atoms with E-state index in [2.05, 4.69) is 5.32 Å². The number of amides is 1. The molecule has 1 amide bonds. The predicted octanol–water partition coefficient (Wildman–Crippen LogP) is 0.977. The van der Waals surface area contributed by atoms with Crippen molar-refractivity contribution in [3.8, 4) is 11.5 Å². The summed E-state index contributed by atoms with van der Waals surface area (Å²) in [5.41, 5.74) is 7.15. The highest BCUT2D eigenvalue weighted by atomic mass is 16.5. The van der Waals surface area contributed by atoms with Crippen LogP contribution in [0.3, 0.4) is 0 Å². The molecule has 3 N–H and O–H groups in total. The third-order valence-corrected chi connectivity index (χ3v) is 2.71. The fourth-order valence-corrected chi connectivity index (χ4v) is 1.79. The topological polar surface area (TPSA) is 73.6 Å². The van der Waals surface area contributed by atoms with E-state index >= 15 is 0 Å². The van der Waals surface area contributed by atoms with Crippen LogP contribution in [0.15, 0.2) is 12.1 Å². The average molecular weight is 252 g/mol. The number of hydrogen-bond acceptors (Lipinski definition) is 4. The standard InChI is InChI=1S/C13H20N2O3/c1-9-11(17-2)5-4-10(13(9)18-3)8-15-12(16)6-7-14/h4-5H,6-8,14H2,1-3H3,(H,15,16). The molecule has 1 aromatic rings. The Balaban J connectivity index is 2.83. The highest BCUT2D eigenvalue weighted by molar-refractivity contribution is 5.76. The van der Waals surface area contributed by atoms with Gasteiger partial charge in [0.15, 0.2) is 0 Å². The molecule has 0 unspecified atom stereocenters. The minimum atomic E-state index is -0.0620. The van der Waals surface area contributed by atoms with Gasteiger partial charge in [0.1, 0.15) is 11.5 Å². The van der Waals surface area contributed by atoms with Gasteiger partial charge in [0.25, 0.3) is 0 Å². The zero-order valence-electron chi connectivity index (χ0n) is 11.1. The molecular weight excluding hydrogens is 232 g/mol. The van der Waals surface area contributed by atoms with Gasteiger partial charge in [0, 0.05) is 30.6 Å². The quantitative estimate of drug-likeness (QED) is 0.791. The molecule has 0 bridgehead atoms. The van der Waals surface area contributed by atoms with Crippen LogP contribution in [0.5, 0.6) is 11.5 Å². The Morgan fingerprint density at radius 2 is 2.06 bits per heavy atom. The summed E-state index contributed by atoms with van der Waals surface area (Å²) in [6, 6.07) is 3.75. The Morgan fingerprint density at radius 3 is 2.61 bits per heavy atom. The molecule has 5 heteroatoms. The van der Waals surface area contributed by atoms with Crippen LogP contribution in [0.25, 0.3) is 0 Å². The summed E-state index contributed by atoms with van der Waals surface area (Å²) in [5, 5.41) is 2.80. The largest absolute Gasteiger partial charge is 0.496 e. The summed E-state index contributed by atoms with van der Waals surface area (Å²) >= 11 is 0. The van der Waals surface area contributed by atoms with Crippen LogP contribution >= 0.6 is 0 Å². The van der Waals surface area contributed by atoms with Crippen molar-refractivity contribution in [1.29, 1.82) is 0 Å². The van der Waals surface area contributed by atoms with Crippen molar-refractivity contribution >= 4 is 5.91 Å². The second kappa shape index (κ2) is 6.86. The predicted molar refractivity (Wildman–Crippen MR) is 69.8 cm³/mol. The Hall–Kier alpha value is -1.75. The summed E-state index contributed by atoms with van der Waals surface area (Å²) in [5.74, 6) is 1.44. The maximum Gasteiger partial charge on any atom is 0.221 e. The lowest BCUT2D eigenvalue weighted by molar-refractivity contribution is -0.121. The van der Waals surface area contributed by atoms with E-state index in [4.69, 9.17) is 15.2 Å². The number of methoxy groups -OCH3 is 2. The Labute approximate surface area is 107 Å². The molecule has 0 aromatic heterocycles. The summed E-state index contributed by atoms with van der Waals surface area (Å²) in [7, 11) is 3.22. The van der Waals surface area contributed by atoms with E-state index < -0.39 is 0 Å². The second-order valence-electron chi connectivity index (χ2n) is 3.90. The van der Waals surface area contributed by atoms with Crippen LogP contribution in [0, 0.1) is 6.92 Å². The lowest BCUT2D eigenvalue weighted by Crippen LogP contribution is -2.25. The molecule has 0 aliphatic heterocycles. The molecule has 5 nitrogen and oxygen atoms in total. The maximum atomic E-state index is 11.4. The summed E-state index contributed by atoms with van der Waals surface area (Å²) in [6.45, 7) is 2.69. The van der Waals surface area contributed by atoms with Gasteiger partial charge in [0.05, 0.1) is 14.2 Å². The monoisotopic (exact) mass is 252 g/mol.